The van der Waals surface area contributed by atoms with Crippen LogP contribution in [-0.4, -0.2) is 29.8 Å². The third-order valence-corrected chi connectivity index (χ3v) is 8.11. The van der Waals surface area contributed by atoms with E-state index in [-0.39, 0.29) is 18.6 Å². The number of hydrogen-bond acceptors (Lipinski definition) is 3. The third kappa shape index (κ3) is 6.11. The number of urea groups is 1. The molecule has 1 atom stereocenters. The molecule has 0 spiro atoms. The molecule has 6 nitrogen and oxygen atoms in total. The zero-order valence-corrected chi connectivity index (χ0v) is 23.0. The Balaban J connectivity index is 1.30. The summed E-state index contributed by atoms with van der Waals surface area (Å²) in [5.41, 5.74) is 6.19. The predicted octanol–water partition coefficient (Wildman–Crippen LogP) is 8.04. The minimum Gasteiger partial charge on any atom is -0.487 e. The van der Waals surface area contributed by atoms with E-state index >= 15 is 0 Å². The lowest BCUT2D eigenvalue weighted by atomic mass is 9.77. The second-order valence-electron chi connectivity index (χ2n) is 11.3. The number of benzene rings is 3. The van der Waals surface area contributed by atoms with Gasteiger partial charge in [0, 0.05) is 12.1 Å². The maximum Gasteiger partial charge on any atom is 0.326 e. The number of para-hydroxylation sites is 1. The fourth-order valence-electron chi connectivity index (χ4n) is 6.00. The van der Waals surface area contributed by atoms with Gasteiger partial charge in [-0.3, -0.25) is 9.69 Å². The average molecular weight is 527 g/mol. The summed E-state index contributed by atoms with van der Waals surface area (Å²) in [5, 5.41) is 12.2. The van der Waals surface area contributed by atoms with E-state index in [1.54, 1.807) is 4.90 Å². The van der Waals surface area contributed by atoms with Crippen LogP contribution in [0, 0.1) is 5.92 Å². The maximum atomic E-state index is 13.4. The molecule has 204 valence electrons. The first-order valence-electron chi connectivity index (χ1n) is 14.1. The Morgan fingerprint density at radius 1 is 0.974 bits per heavy atom. The van der Waals surface area contributed by atoms with E-state index < -0.39 is 5.97 Å². The molecule has 3 aromatic rings. The molecule has 1 saturated carbocycles. The van der Waals surface area contributed by atoms with Gasteiger partial charge >= 0.3 is 12.0 Å². The van der Waals surface area contributed by atoms with Crippen molar-refractivity contribution in [3.8, 4) is 16.9 Å². The molecule has 0 bridgehead atoms. The molecule has 1 unspecified atom stereocenters. The fourth-order valence-corrected chi connectivity index (χ4v) is 6.00. The highest BCUT2D eigenvalue weighted by Gasteiger charge is 2.29. The van der Waals surface area contributed by atoms with Gasteiger partial charge in [-0.1, -0.05) is 62.4 Å². The van der Waals surface area contributed by atoms with Crippen LogP contribution >= 0.6 is 0 Å². The Hall–Kier alpha value is -3.80. The minimum atomic E-state index is -0.688. The molecule has 0 saturated heterocycles. The number of fused-ring (bicyclic) bond motifs is 1. The van der Waals surface area contributed by atoms with E-state index in [9.17, 15) is 9.59 Å². The van der Waals surface area contributed by atoms with Gasteiger partial charge in [0.25, 0.3) is 0 Å². The van der Waals surface area contributed by atoms with Crippen molar-refractivity contribution in [2.24, 2.45) is 5.92 Å². The highest BCUT2D eigenvalue weighted by atomic mass is 16.5. The van der Waals surface area contributed by atoms with Crippen molar-refractivity contribution in [1.82, 2.24) is 0 Å². The number of aliphatic carboxylic acids is 1. The van der Waals surface area contributed by atoms with Gasteiger partial charge in [-0.25, -0.2) is 4.79 Å². The SMILES string of the molecule is CC1CN(C(=O)Nc2ccccc2C(C)C)c2ccc(-c3ccc([C@H]4CC[C@H](CC(=O)O)CC4)cc3)cc2O1. The summed E-state index contributed by atoms with van der Waals surface area (Å²) < 4.78 is 6.18. The topological polar surface area (TPSA) is 78.9 Å². The lowest BCUT2D eigenvalue weighted by molar-refractivity contribution is -0.138. The summed E-state index contributed by atoms with van der Waals surface area (Å²) in [6, 6.07) is 22.5. The van der Waals surface area contributed by atoms with E-state index in [4.69, 9.17) is 9.84 Å². The third-order valence-electron chi connectivity index (χ3n) is 8.11. The molecule has 0 aromatic heterocycles. The summed E-state index contributed by atoms with van der Waals surface area (Å²) in [5.74, 6) is 1.12. The molecule has 1 aliphatic carbocycles. The molecule has 0 radical (unpaired) electrons. The van der Waals surface area contributed by atoms with Crippen molar-refractivity contribution >= 4 is 23.4 Å². The normalized spacial score (nSPS) is 20.7. The molecule has 2 aliphatic rings. The first-order chi connectivity index (χ1) is 18.8. The number of carboxylic acids is 1. The van der Waals surface area contributed by atoms with Gasteiger partial charge in [-0.05, 0) is 90.8 Å². The van der Waals surface area contributed by atoms with Crippen molar-refractivity contribution in [3.05, 3.63) is 77.9 Å². The molecule has 2 amide bonds. The Bertz CT molecular complexity index is 1330. The number of amides is 2. The van der Waals surface area contributed by atoms with Crippen molar-refractivity contribution in [2.75, 3.05) is 16.8 Å². The fraction of sp³-hybridized carbons (Fsp3) is 0.394. The van der Waals surface area contributed by atoms with Gasteiger partial charge in [0.05, 0.1) is 12.2 Å². The smallest absolute Gasteiger partial charge is 0.326 e. The van der Waals surface area contributed by atoms with Crippen LogP contribution in [0.25, 0.3) is 11.1 Å². The second kappa shape index (κ2) is 11.5. The number of carbonyl (C=O) groups is 2. The molecular formula is C33H38N2O4. The average Bonchev–Trinajstić information content (AvgIpc) is 2.92. The summed E-state index contributed by atoms with van der Waals surface area (Å²) in [4.78, 5) is 26.2. The van der Waals surface area contributed by atoms with E-state index in [1.165, 1.54) is 5.56 Å². The molecule has 1 fully saturated rings. The van der Waals surface area contributed by atoms with Crippen LogP contribution in [0.1, 0.15) is 75.8 Å². The van der Waals surface area contributed by atoms with E-state index in [2.05, 4.69) is 49.5 Å². The predicted molar refractivity (Wildman–Crippen MR) is 156 cm³/mol. The molecule has 5 rings (SSSR count). The molecule has 2 N–H and O–H groups in total. The molecular weight excluding hydrogens is 488 g/mol. The van der Waals surface area contributed by atoms with Crippen LogP contribution < -0.4 is 15.0 Å². The van der Waals surface area contributed by atoms with Crippen LogP contribution in [0.3, 0.4) is 0 Å². The Labute approximate surface area is 231 Å². The van der Waals surface area contributed by atoms with Gasteiger partial charge in [-0.15, -0.1) is 0 Å². The van der Waals surface area contributed by atoms with Crippen molar-refractivity contribution in [1.29, 1.82) is 0 Å². The summed E-state index contributed by atoms with van der Waals surface area (Å²) in [6.07, 6.45) is 4.20. The summed E-state index contributed by atoms with van der Waals surface area (Å²) >= 11 is 0. The van der Waals surface area contributed by atoms with Crippen LogP contribution in [0.2, 0.25) is 0 Å². The monoisotopic (exact) mass is 526 g/mol. The molecule has 39 heavy (non-hydrogen) atoms. The number of carbonyl (C=O) groups excluding carboxylic acids is 1. The first-order valence-corrected chi connectivity index (χ1v) is 14.1. The van der Waals surface area contributed by atoms with Crippen molar-refractivity contribution < 1.29 is 19.4 Å². The van der Waals surface area contributed by atoms with Gasteiger partial charge in [0.2, 0.25) is 0 Å². The number of nitrogens with zero attached hydrogens (tertiary/aromatic N) is 1. The van der Waals surface area contributed by atoms with Gasteiger partial charge in [0.15, 0.2) is 0 Å². The van der Waals surface area contributed by atoms with Gasteiger partial charge in [0.1, 0.15) is 11.9 Å². The van der Waals surface area contributed by atoms with Crippen LogP contribution in [0.5, 0.6) is 5.75 Å². The number of anilines is 2. The number of rotatable bonds is 6. The maximum absolute atomic E-state index is 13.4. The Kier molecular flexibility index (Phi) is 7.92. The summed E-state index contributed by atoms with van der Waals surface area (Å²) in [6.45, 7) is 6.71. The Morgan fingerprint density at radius 3 is 2.36 bits per heavy atom. The number of nitrogens with one attached hydrogen (secondary N) is 1. The summed E-state index contributed by atoms with van der Waals surface area (Å²) in [7, 11) is 0. The highest BCUT2D eigenvalue weighted by Crippen LogP contribution is 2.40. The van der Waals surface area contributed by atoms with Crippen molar-refractivity contribution in [3.63, 3.8) is 0 Å². The molecule has 6 heteroatoms. The van der Waals surface area contributed by atoms with E-state index in [0.29, 0.717) is 30.0 Å². The zero-order chi connectivity index (χ0) is 27.5. The van der Waals surface area contributed by atoms with Gasteiger partial charge in [-0.2, -0.15) is 0 Å². The zero-order valence-electron chi connectivity index (χ0n) is 23.0. The number of carboxylic acid groups (broad SMARTS) is 1. The largest absolute Gasteiger partial charge is 0.487 e. The van der Waals surface area contributed by atoms with Gasteiger partial charge < -0.3 is 15.2 Å². The van der Waals surface area contributed by atoms with Crippen LogP contribution in [0.4, 0.5) is 16.2 Å². The van der Waals surface area contributed by atoms with E-state index in [0.717, 1.165) is 53.7 Å². The molecule has 1 aliphatic heterocycles. The Morgan fingerprint density at radius 2 is 1.67 bits per heavy atom. The number of hydrogen-bond donors (Lipinski definition) is 2. The first kappa shape index (κ1) is 26.8. The highest BCUT2D eigenvalue weighted by molar-refractivity contribution is 6.03. The van der Waals surface area contributed by atoms with E-state index in [1.807, 2.05) is 43.3 Å². The standard InChI is InChI=1S/C33H38N2O4/c1-21(2)28-6-4-5-7-29(28)34-33(38)35-20-22(3)39-31-19-27(16-17-30(31)35)26-14-12-25(13-15-26)24-10-8-23(9-11-24)18-32(36)37/h4-7,12-17,19,21-24H,8-11,18,20H2,1-3H3,(H,34,38)(H,36,37)/t22?,23-,24-. The molecule has 3 aromatic carbocycles. The lowest BCUT2D eigenvalue weighted by Crippen LogP contribution is -2.44. The molecule has 1 heterocycles. The van der Waals surface area contributed by atoms with Crippen LogP contribution in [-0.2, 0) is 4.79 Å². The van der Waals surface area contributed by atoms with Crippen LogP contribution in [0.15, 0.2) is 66.7 Å². The minimum absolute atomic E-state index is 0.127. The van der Waals surface area contributed by atoms with Crippen molar-refractivity contribution in [2.45, 2.75) is 70.8 Å². The lowest BCUT2D eigenvalue weighted by Gasteiger charge is -2.34. The quantitative estimate of drug-likeness (QED) is 0.341. The second-order valence-corrected chi connectivity index (χ2v) is 11.3. The number of ether oxygens (including phenoxy) is 1.